The second-order valence-electron chi connectivity index (χ2n) is 5.44. The van der Waals surface area contributed by atoms with Gasteiger partial charge in [0, 0.05) is 24.5 Å². The van der Waals surface area contributed by atoms with Crippen LogP contribution in [0.15, 0.2) is 33.7 Å². The molecule has 7 heteroatoms. The third-order valence-electron chi connectivity index (χ3n) is 3.79. The fourth-order valence-corrected chi connectivity index (χ4v) is 3.24. The van der Waals surface area contributed by atoms with Gasteiger partial charge in [-0.3, -0.25) is 4.90 Å². The van der Waals surface area contributed by atoms with Crippen LogP contribution < -0.4 is 10.1 Å². The summed E-state index contributed by atoms with van der Waals surface area (Å²) in [7, 11) is 2.09. The number of nitrogens with one attached hydrogen (secondary N) is 1. The average Bonchev–Trinajstić information content (AvgIpc) is 3.04. The lowest BCUT2D eigenvalue weighted by molar-refractivity contribution is 0.190. The minimum atomic E-state index is 0.191. The summed E-state index contributed by atoms with van der Waals surface area (Å²) in [5.41, 5.74) is 0. The fourth-order valence-electron chi connectivity index (χ4n) is 2.50. The van der Waals surface area contributed by atoms with Gasteiger partial charge in [-0.2, -0.15) is 4.98 Å². The third kappa shape index (κ3) is 4.25. The Bertz CT molecular complexity index is 617. The summed E-state index contributed by atoms with van der Waals surface area (Å²) in [5, 5.41) is 7.51. The lowest BCUT2D eigenvalue weighted by atomic mass is 10.2. The molecule has 1 aromatic carbocycles. The van der Waals surface area contributed by atoms with Gasteiger partial charge in [-0.05, 0) is 38.2 Å². The first-order valence-corrected chi connectivity index (χ1v) is 8.84. The number of piperazine rings is 1. The van der Waals surface area contributed by atoms with Crippen molar-refractivity contribution in [2.75, 3.05) is 33.3 Å². The van der Waals surface area contributed by atoms with Crippen molar-refractivity contribution in [2.24, 2.45) is 0 Å². The van der Waals surface area contributed by atoms with Gasteiger partial charge in [-0.25, -0.2) is 0 Å². The number of aromatic nitrogens is 2. The van der Waals surface area contributed by atoms with Crippen molar-refractivity contribution < 1.29 is 9.26 Å². The van der Waals surface area contributed by atoms with Crippen molar-refractivity contribution in [3.05, 3.63) is 36.0 Å². The molecule has 0 radical (unpaired) electrons. The SMILES string of the molecule is CCOc1ccc(SCc2nc(C3CNCCN3C)no2)cc1. The quantitative estimate of drug-likeness (QED) is 0.814. The molecule has 1 N–H and O–H groups in total. The van der Waals surface area contributed by atoms with Gasteiger partial charge in [-0.1, -0.05) is 5.16 Å². The molecule has 0 amide bonds. The molecule has 1 unspecified atom stereocenters. The van der Waals surface area contributed by atoms with Gasteiger partial charge in [0.1, 0.15) is 5.75 Å². The molecule has 2 heterocycles. The van der Waals surface area contributed by atoms with E-state index in [9.17, 15) is 0 Å². The fraction of sp³-hybridized carbons (Fsp3) is 0.500. The minimum Gasteiger partial charge on any atom is -0.494 e. The van der Waals surface area contributed by atoms with Crippen LogP contribution in [-0.4, -0.2) is 48.3 Å². The Morgan fingerprint density at radius 2 is 2.22 bits per heavy atom. The number of ether oxygens (including phenoxy) is 1. The standard InChI is InChI=1S/C16H22N4O2S/c1-3-21-12-4-6-13(7-5-12)23-11-15-18-16(19-22-15)14-10-17-8-9-20(14)2/h4-7,14,17H,3,8-11H2,1-2H3. The Morgan fingerprint density at radius 3 is 2.96 bits per heavy atom. The molecule has 1 aromatic heterocycles. The number of thioether (sulfide) groups is 1. The molecule has 1 saturated heterocycles. The van der Waals surface area contributed by atoms with E-state index in [0.29, 0.717) is 18.3 Å². The van der Waals surface area contributed by atoms with Crippen LogP contribution in [0.2, 0.25) is 0 Å². The molecule has 0 bridgehead atoms. The van der Waals surface area contributed by atoms with E-state index >= 15 is 0 Å². The molecule has 3 rings (SSSR count). The van der Waals surface area contributed by atoms with E-state index in [-0.39, 0.29) is 6.04 Å². The van der Waals surface area contributed by atoms with Crippen LogP contribution in [-0.2, 0) is 5.75 Å². The van der Waals surface area contributed by atoms with Crippen LogP contribution in [0.3, 0.4) is 0 Å². The predicted octanol–water partition coefficient (Wildman–Crippen LogP) is 2.34. The summed E-state index contributed by atoms with van der Waals surface area (Å²) in [5.74, 6) is 3.00. The van der Waals surface area contributed by atoms with E-state index in [4.69, 9.17) is 9.26 Å². The van der Waals surface area contributed by atoms with Crippen molar-refractivity contribution in [2.45, 2.75) is 23.6 Å². The normalized spacial score (nSPS) is 19.0. The van der Waals surface area contributed by atoms with Crippen molar-refractivity contribution in [1.29, 1.82) is 0 Å². The van der Waals surface area contributed by atoms with E-state index in [1.54, 1.807) is 11.8 Å². The summed E-state index contributed by atoms with van der Waals surface area (Å²) >= 11 is 1.68. The molecule has 1 fully saturated rings. The summed E-state index contributed by atoms with van der Waals surface area (Å²) in [6.07, 6.45) is 0. The van der Waals surface area contributed by atoms with Crippen LogP contribution >= 0.6 is 11.8 Å². The van der Waals surface area contributed by atoms with Crippen molar-refractivity contribution in [1.82, 2.24) is 20.4 Å². The highest BCUT2D eigenvalue weighted by Gasteiger charge is 2.25. The Morgan fingerprint density at radius 1 is 1.39 bits per heavy atom. The van der Waals surface area contributed by atoms with E-state index in [1.807, 2.05) is 31.2 Å². The van der Waals surface area contributed by atoms with Crippen LogP contribution in [0.25, 0.3) is 0 Å². The van der Waals surface area contributed by atoms with Gasteiger partial charge in [-0.15, -0.1) is 11.8 Å². The summed E-state index contributed by atoms with van der Waals surface area (Å²) in [4.78, 5) is 7.95. The Balaban J connectivity index is 1.56. The lowest BCUT2D eigenvalue weighted by Gasteiger charge is -2.30. The maximum absolute atomic E-state index is 5.44. The maximum atomic E-state index is 5.44. The molecule has 23 heavy (non-hydrogen) atoms. The first kappa shape index (κ1) is 16.3. The van der Waals surface area contributed by atoms with Crippen LogP contribution in [0, 0.1) is 0 Å². The van der Waals surface area contributed by atoms with E-state index < -0.39 is 0 Å². The highest BCUT2D eigenvalue weighted by Crippen LogP contribution is 2.25. The average molecular weight is 334 g/mol. The molecule has 1 aliphatic heterocycles. The third-order valence-corrected chi connectivity index (χ3v) is 4.79. The second kappa shape index (κ2) is 7.81. The highest BCUT2D eigenvalue weighted by molar-refractivity contribution is 7.98. The zero-order valence-electron chi connectivity index (χ0n) is 13.5. The molecular weight excluding hydrogens is 312 g/mol. The number of hydrogen-bond acceptors (Lipinski definition) is 7. The van der Waals surface area contributed by atoms with Crippen molar-refractivity contribution in [3.63, 3.8) is 0 Å². The second-order valence-corrected chi connectivity index (χ2v) is 6.49. The van der Waals surface area contributed by atoms with Crippen LogP contribution in [0.4, 0.5) is 0 Å². The highest BCUT2D eigenvalue weighted by atomic mass is 32.2. The van der Waals surface area contributed by atoms with Crippen LogP contribution in [0.1, 0.15) is 24.7 Å². The molecule has 124 valence electrons. The molecule has 2 aromatic rings. The predicted molar refractivity (Wildman–Crippen MR) is 89.7 cm³/mol. The smallest absolute Gasteiger partial charge is 0.237 e. The maximum Gasteiger partial charge on any atom is 0.237 e. The number of benzene rings is 1. The van der Waals surface area contributed by atoms with Crippen molar-refractivity contribution in [3.8, 4) is 5.75 Å². The zero-order valence-corrected chi connectivity index (χ0v) is 14.3. The van der Waals surface area contributed by atoms with Gasteiger partial charge >= 0.3 is 0 Å². The minimum absolute atomic E-state index is 0.191. The number of hydrogen-bond donors (Lipinski definition) is 1. The molecular formula is C16H22N4O2S. The Labute approximate surface area is 140 Å². The van der Waals surface area contributed by atoms with Gasteiger partial charge in [0.2, 0.25) is 5.89 Å². The van der Waals surface area contributed by atoms with E-state index in [0.717, 1.165) is 36.1 Å². The summed E-state index contributed by atoms with van der Waals surface area (Å²) in [6.45, 7) is 5.53. The number of rotatable bonds is 6. The first-order chi connectivity index (χ1) is 11.3. The molecule has 6 nitrogen and oxygen atoms in total. The van der Waals surface area contributed by atoms with Gasteiger partial charge in [0.25, 0.3) is 0 Å². The largest absolute Gasteiger partial charge is 0.494 e. The summed E-state index contributed by atoms with van der Waals surface area (Å²) < 4.78 is 10.8. The van der Waals surface area contributed by atoms with Crippen molar-refractivity contribution >= 4 is 11.8 Å². The van der Waals surface area contributed by atoms with E-state index in [2.05, 4.69) is 27.4 Å². The molecule has 1 atom stereocenters. The number of nitrogens with zero attached hydrogens (tertiary/aromatic N) is 3. The Hall–Kier alpha value is -1.57. The lowest BCUT2D eigenvalue weighted by Crippen LogP contribution is -2.44. The number of likely N-dealkylation sites (N-methyl/N-ethyl adjacent to an activating group) is 1. The molecule has 0 spiro atoms. The zero-order chi connectivity index (χ0) is 16.1. The van der Waals surface area contributed by atoms with Crippen LogP contribution in [0.5, 0.6) is 5.75 Å². The van der Waals surface area contributed by atoms with Gasteiger partial charge in [0.05, 0.1) is 18.4 Å². The van der Waals surface area contributed by atoms with Gasteiger partial charge in [0.15, 0.2) is 5.82 Å². The van der Waals surface area contributed by atoms with E-state index in [1.165, 1.54) is 0 Å². The topological polar surface area (TPSA) is 63.4 Å². The summed E-state index contributed by atoms with van der Waals surface area (Å²) in [6, 6.07) is 8.25. The molecule has 0 aliphatic carbocycles. The molecule has 1 aliphatic rings. The molecule has 0 saturated carbocycles. The Kier molecular flexibility index (Phi) is 5.53. The monoisotopic (exact) mass is 334 g/mol. The van der Waals surface area contributed by atoms with Gasteiger partial charge < -0.3 is 14.6 Å². The first-order valence-electron chi connectivity index (χ1n) is 7.85.